The minimum Gasteiger partial charge on any atom is -0.298 e. The second-order valence-electron chi connectivity index (χ2n) is 8.04. The second kappa shape index (κ2) is 8.92. The summed E-state index contributed by atoms with van der Waals surface area (Å²) >= 11 is 0. The third-order valence-corrected chi connectivity index (χ3v) is 5.81. The molecule has 0 amide bonds. The molecule has 6 nitrogen and oxygen atoms in total. The van der Waals surface area contributed by atoms with Gasteiger partial charge in [-0.1, -0.05) is 18.2 Å². The molecule has 1 aliphatic carbocycles. The Morgan fingerprint density at radius 2 is 1.71 bits per heavy atom. The molecule has 0 unspecified atom stereocenters. The van der Waals surface area contributed by atoms with Crippen LogP contribution in [0.2, 0.25) is 0 Å². The maximum absolute atomic E-state index is 14.0. The Morgan fingerprint density at radius 3 is 2.35 bits per heavy atom. The van der Waals surface area contributed by atoms with Gasteiger partial charge in [0.05, 0.1) is 5.56 Å². The van der Waals surface area contributed by atoms with Crippen LogP contribution in [0, 0.1) is 11.7 Å². The van der Waals surface area contributed by atoms with Crippen molar-refractivity contribution in [2.24, 2.45) is 5.92 Å². The molecule has 2 heterocycles. The van der Waals surface area contributed by atoms with E-state index in [0.717, 1.165) is 16.7 Å². The number of halogens is 4. The van der Waals surface area contributed by atoms with Gasteiger partial charge in [0.2, 0.25) is 0 Å². The van der Waals surface area contributed by atoms with Crippen molar-refractivity contribution in [1.29, 1.82) is 0 Å². The zero-order valence-electron chi connectivity index (χ0n) is 17.7. The summed E-state index contributed by atoms with van der Waals surface area (Å²) in [5.74, 6) is -5.00. The monoisotopic (exact) mass is 474 g/mol. The van der Waals surface area contributed by atoms with Crippen molar-refractivity contribution < 1.29 is 31.9 Å². The number of carbonyl (C=O) groups is 3. The van der Waals surface area contributed by atoms with Crippen molar-refractivity contribution in [2.45, 2.75) is 38.4 Å². The van der Waals surface area contributed by atoms with Crippen molar-refractivity contribution >= 4 is 28.4 Å². The van der Waals surface area contributed by atoms with Gasteiger partial charge in [-0.3, -0.25) is 23.7 Å². The molecule has 0 saturated heterocycles. The topological polar surface area (TPSA) is 86.1 Å². The van der Waals surface area contributed by atoms with Crippen LogP contribution < -0.4 is 5.56 Å². The van der Waals surface area contributed by atoms with Crippen LogP contribution in [0.25, 0.3) is 11.0 Å². The number of pyridine rings is 2. The van der Waals surface area contributed by atoms with E-state index in [1.54, 1.807) is 6.07 Å². The quantitative estimate of drug-likeness (QED) is 0.318. The van der Waals surface area contributed by atoms with Gasteiger partial charge < -0.3 is 0 Å². The number of rotatable bonds is 5. The molecule has 1 aliphatic rings. The van der Waals surface area contributed by atoms with Gasteiger partial charge in [-0.05, 0) is 36.6 Å². The largest absolute Gasteiger partial charge is 0.434 e. The second-order valence-corrected chi connectivity index (χ2v) is 8.04. The molecule has 0 atom stereocenters. The summed E-state index contributed by atoms with van der Waals surface area (Å²) in [5, 5.41) is 0.0418. The van der Waals surface area contributed by atoms with E-state index in [2.05, 4.69) is 4.98 Å². The van der Waals surface area contributed by atoms with Gasteiger partial charge in [-0.25, -0.2) is 9.37 Å². The zero-order valence-corrected chi connectivity index (χ0v) is 17.7. The molecule has 0 bridgehead atoms. The number of ketones is 3. The van der Waals surface area contributed by atoms with Crippen LogP contribution in [0.4, 0.5) is 17.6 Å². The van der Waals surface area contributed by atoms with Crippen LogP contribution in [0.15, 0.2) is 47.3 Å². The van der Waals surface area contributed by atoms with Gasteiger partial charge in [0.25, 0.3) is 5.56 Å². The average Bonchev–Trinajstić information content (AvgIpc) is 2.78. The Balaban J connectivity index is 1.83. The fourth-order valence-corrected chi connectivity index (χ4v) is 4.12. The predicted molar refractivity (Wildman–Crippen MR) is 113 cm³/mol. The predicted octanol–water partition coefficient (Wildman–Crippen LogP) is 3.92. The molecule has 3 aromatic rings. The number of alkyl halides is 3. The number of carbonyl (C=O) groups excluding carboxylic acids is 3. The molecule has 4 rings (SSSR count). The molecule has 176 valence electrons. The van der Waals surface area contributed by atoms with Crippen LogP contribution >= 0.6 is 0 Å². The van der Waals surface area contributed by atoms with E-state index in [-0.39, 0.29) is 48.8 Å². The van der Waals surface area contributed by atoms with Gasteiger partial charge in [0.15, 0.2) is 23.0 Å². The number of benzene rings is 1. The highest BCUT2D eigenvalue weighted by Gasteiger charge is 2.43. The van der Waals surface area contributed by atoms with Crippen LogP contribution in [-0.4, -0.2) is 26.9 Å². The Kier molecular flexibility index (Phi) is 6.16. The molecule has 10 heteroatoms. The Hall–Kier alpha value is -3.69. The number of hydrogen-bond donors (Lipinski definition) is 0. The van der Waals surface area contributed by atoms with Crippen LogP contribution in [0.5, 0.6) is 0 Å². The third kappa shape index (κ3) is 4.40. The first-order valence-corrected chi connectivity index (χ1v) is 10.5. The van der Waals surface area contributed by atoms with E-state index >= 15 is 0 Å². The highest BCUT2D eigenvalue weighted by molar-refractivity contribution is 6.25. The molecule has 0 spiro atoms. The number of fused-ring (bicyclic) bond motifs is 1. The summed E-state index contributed by atoms with van der Waals surface area (Å²) in [6, 6.07) is 9.02. The van der Waals surface area contributed by atoms with Crippen molar-refractivity contribution in [1.82, 2.24) is 9.55 Å². The highest BCUT2D eigenvalue weighted by atomic mass is 19.4. The first-order valence-electron chi connectivity index (χ1n) is 10.5. The molecular formula is C24H18F4N2O4. The van der Waals surface area contributed by atoms with Crippen molar-refractivity contribution in [2.75, 3.05) is 0 Å². The number of nitrogens with zero attached hydrogens (tertiary/aromatic N) is 2. The summed E-state index contributed by atoms with van der Waals surface area (Å²) in [7, 11) is 0. The fourth-order valence-electron chi connectivity index (χ4n) is 4.12. The lowest BCUT2D eigenvalue weighted by Gasteiger charge is -2.21. The number of aromatic nitrogens is 2. The third-order valence-electron chi connectivity index (χ3n) is 5.81. The lowest BCUT2D eigenvalue weighted by Crippen LogP contribution is -2.36. The summed E-state index contributed by atoms with van der Waals surface area (Å²) in [6.07, 6.45) is -4.97. The molecule has 1 fully saturated rings. The van der Waals surface area contributed by atoms with Crippen LogP contribution in [-0.2, 0) is 28.7 Å². The highest BCUT2D eigenvalue weighted by Crippen LogP contribution is 2.34. The maximum Gasteiger partial charge on any atom is 0.434 e. The first kappa shape index (κ1) is 23.5. The van der Waals surface area contributed by atoms with Crippen molar-refractivity contribution in [3.63, 3.8) is 0 Å². The first-order chi connectivity index (χ1) is 16.1. The van der Waals surface area contributed by atoms with Gasteiger partial charge >= 0.3 is 6.18 Å². The van der Waals surface area contributed by atoms with Gasteiger partial charge in [-0.2, -0.15) is 13.2 Å². The molecule has 1 saturated carbocycles. The Labute approximate surface area is 190 Å². The van der Waals surface area contributed by atoms with Gasteiger partial charge in [-0.15, -0.1) is 0 Å². The minimum absolute atomic E-state index is 0.0144. The van der Waals surface area contributed by atoms with Crippen LogP contribution in [0.1, 0.15) is 40.9 Å². The lowest BCUT2D eigenvalue weighted by molar-refractivity contribution is -0.142. The van der Waals surface area contributed by atoms with E-state index in [4.69, 9.17) is 0 Å². The molecule has 2 aromatic heterocycles. The maximum atomic E-state index is 14.0. The minimum atomic E-state index is -5.10. The number of aryl methyl sites for hydroxylation is 2. The summed E-state index contributed by atoms with van der Waals surface area (Å²) in [4.78, 5) is 53.3. The summed E-state index contributed by atoms with van der Waals surface area (Å²) in [5.41, 5.74) is -3.20. The van der Waals surface area contributed by atoms with E-state index in [1.165, 1.54) is 24.3 Å². The average molecular weight is 474 g/mol. The van der Waals surface area contributed by atoms with Gasteiger partial charge in [0, 0.05) is 30.8 Å². The van der Waals surface area contributed by atoms with Crippen LogP contribution in [0.3, 0.4) is 0 Å². The lowest BCUT2D eigenvalue weighted by atomic mass is 9.81. The number of Topliss-reactive ketones (excluding diaryl/α,β-unsaturated/α-hetero) is 3. The molecule has 1 aromatic carbocycles. The van der Waals surface area contributed by atoms with Crippen molar-refractivity contribution in [3.05, 3.63) is 75.5 Å². The SMILES string of the molecule is O=C1CCCC(=O)C1C(=O)c1cc2ccc(=O)n(CCc3ccccc3F)c2nc1C(F)(F)F. The summed E-state index contributed by atoms with van der Waals surface area (Å²) in [6.45, 7) is -0.158. The summed E-state index contributed by atoms with van der Waals surface area (Å²) < 4.78 is 56.7. The Morgan fingerprint density at radius 1 is 1.03 bits per heavy atom. The zero-order chi connectivity index (χ0) is 24.6. The molecule has 34 heavy (non-hydrogen) atoms. The molecule has 0 radical (unpaired) electrons. The standard InChI is InChI=1S/C24H18F4N2O4/c25-16-5-2-1-4-13(16)10-11-30-19(33)9-8-14-12-15(22(24(26,27)28)29-23(14)30)21(34)20-17(31)6-3-7-18(20)32/h1-2,4-5,8-9,12,20H,3,6-7,10-11H2. The molecule has 0 aliphatic heterocycles. The molecule has 0 N–H and O–H groups in total. The van der Waals surface area contributed by atoms with Gasteiger partial charge in [0.1, 0.15) is 17.4 Å². The van der Waals surface area contributed by atoms with Crippen molar-refractivity contribution in [3.8, 4) is 0 Å². The van der Waals surface area contributed by atoms with E-state index in [0.29, 0.717) is 0 Å². The fraction of sp³-hybridized carbons (Fsp3) is 0.292. The molecular weight excluding hydrogens is 456 g/mol. The number of hydrogen-bond acceptors (Lipinski definition) is 5. The normalized spacial score (nSPS) is 15.2. The van der Waals surface area contributed by atoms with E-state index < -0.39 is 52.1 Å². The Bertz CT molecular complexity index is 1360. The smallest absolute Gasteiger partial charge is 0.298 e. The van der Waals surface area contributed by atoms with E-state index in [1.807, 2.05) is 0 Å². The van der Waals surface area contributed by atoms with E-state index in [9.17, 15) is 36.7 Å².